The summed E-state index contributed by atoms with van der Waals surface area (Å²) in [6, 6.07) is 10.3. The van der Waals surface area contributed by atoms with Crippen molar-refractivity contribution in [1.29, 1.82) is 0 Å². The Balaban J connectivity index is 1.99. The number of fused-ring (bicyclic) bond motifs is 1. The lowest BCUT2D eigenvalue weighted by atomic mass is 9.96. The quantitative estimate of drug-likeness (QED) is 0.696. The Kier molecular flexibility index (Phi) is 7.42. The van der Waals surface area contributed by atoms with E-state index in [1.807, 2.05) is 39.8 Å². The van der Waals surface area contributed by atoms with Gasteiger partial charge >= 0.3 is 0 Å². The second kappa shape index (κ2) is 10.2. The van der Waals surface area contributed by atoms with Crippen LogP contribution in [0, 0.1) is 0 Å². The summed E-state index contributed by atoms with van der Waals surface area (Å²) in [5.41, 5.74) is 4.78. The second-order valence-electron chi connectivity index (χ2n) is 6.74. The van der Waals surface area contributed by atoms with Crippen LogP contribution in [-0.4, -0.2) is 33.0 Å². The highest BCUT2D eigenvalue weighted by Gasteiger charge is 2.22. The maximum absolute atomic E-state index is 5.85. The van der Waals surface area contributed by atoms with Gasteiger partial charge in [-0.3, -0.25) is 0 Å². The van der Waals surface area contributed by atoms with E-state index in [1.165, 1.54) is 16.8 Å². The van der Waals surface area contributed by atoms with Crippen LogP contribution in [0.15, 0.2) is 30.3 Å². The van der Waals surface area contributed by atoms with Crippen molar-refractivity contribution < 1.29 is 24.3 Å². The number of benzene rings is 2. The van der Waals surface area contributed by atoms with Gasteiger partial charge in [-0.05, 0) is 63.1 Å². The number of rotatable bonds is 9. The van der Waals surface area contributed by atoms with Gasteiger partial charge in [-0.25, -0.2) is 0 Å². The molecule has 156 valence electrons. The molecule has 2 aromatic rings. The molecule has 3 rings (SSSR count). The molecule has 0 radical (unpaired) electrons. The fourth-order valence-electron chi connectivity index (χ4n) is 3.58. The first kappa shape index (κ1) is 21.1. The van der Waals surface area contributed by atoms with Crippen molar-refractivity contribution in [3.8, 4) is 23.0 Å². The SMILES string of the molecule is CCOc1ccc(/C=C2\[NH2+]CCc3cc(OCC)c(OCC)cc32)cc1OCC. The predicted molar refractivity (Wildman–Crippen MR) is 116 cm³/mol. The molecule has 2 aromatic carbocycles. The first-order chi connectivity index (χ1) is 14.2. The molecule has 0 fully saturated rings. The van der Waals surface area contributed by atoms with E-state index in [0.29, 0.717) is 26.4 Å². The van der Waals surface area contributed by atoms with Crippen molar-refractivity contribution in [2.24, 2.45) is 0 Å². The van der Waals surface area contributed by atoms with Crippen LogP contribution in [-0.2, 0) is 6.42 Å². The molecule has 1 aliphatic rings. The first-order valence-corrected chi connectivity index (χ1v) is 10.6. The van der Waals surface area contributed by atoms with Gasteiger partial charge in [0.2, 0.25) is 0 Å². The summed E-state index contributed by atoms with van der Waals surface area (Å²) >= 11 is 0. The van der Waals surface area contributed by atoms with Crippen LogP contribution in [0.1, 0.15) is 44.4 Å². The Morgan fingerprint density at radius 3 is 2.00 bits per heavy atom. The van der Waals surface area contributed by atoms with Gasteiger partial charge in [0.15, 0.2) is 23.0 Å². The van der Waals surface area contributed by atoms with E-state index in [1.54, 1.807) is 0 Å². The topological polar surface area (TPSA) is 53.5 Å². The third-order valence-corrected chi connectivity index (χ3v) is 4.75. The van der Waals surface area contributed by atoms with Gasteiger partial charge < -0.3 is 24.3 Å². The van der Waals surface area contributed by atoms with E-state index in [0.717, 1.165) is 41.5 Å². The van der Waals surface area contributed by atoms with Crippen LogP contribution in [0.5, 0.6) is 23.0 Å². The van der Waals surface area contributed by atoms with Crippen LogP contribution >= 0.6 is 0 Å². The average Bonchev–Trinajstić information content (AvgIpc) is 2.71. The maximum Gasteiger partial charge on any atom is 0.161 e. The Hall–Kier alpha value is -2.66. The van der Waals surface area contributed by atoms with E-state index in [-0.39, 0.29) is 0 Å². The van der Waals surface area contributed by atoms with Gasteiger partial charge in [0, 0.05) is 18.1 Å². The smallest absolute Gasteiger partial charge is 0.161 e. The van der Waals surface area contributed by atoms with Crippen molar-refractivity contribution in [1.82, 2.24) is 0 Å². The van der Waals surface area contributed by atoms with E-state index in [9.17, 15) is 0 Å². The molecule has 0 spiro atoms. The van der Waals surface area contributed by atoms with Crippen molar-refractivity contribution >= 4 is 11.8 Å². The van der Waals surface area contributed by atoms with Crippen molar-refractivity contribution in [3.63, 3.8) is 0 Å². The lowest BCUT2D eigenvalue weighted by Gasteiger charge is -2.20. The summed E-state index contributed by atoms with van der Waals surface area (Å²) < 4.78 is 23.1. The fraction of sp³-hybridized carbons (Fsp3) is 0.417. The molecule has 2 N–H and O–H groups in total. The number of ether oxygens (including phenoxy) is 4. The number of nitrogens with two attached hydrogens (primary N) is 1. The van der Waals surface area contributed by atoms with E-state index in [2.05, 4.69) is 29.6 Å². The van der Waals surface area contributed by atoms with E-state index < -0.39 is 0 Å². The summed E-state index contributed by atoms with van der Waals surface area (Å²) in [5.74, 6) is 3.19. The van der Waals surface area contributed by atoms with Gasteiger partial charge in [0.1, 0.15) is 5.70 Å². The minimum Gasteiger partial charge on any atom is -0.490 e. The molecule has 5 heteroatoms. The Morgan fingerprint density at radius 2 is 1.34 bits per heavy atom. The third kappa shape index (κ3) is 5.04. The Morgan fingerprint density at radius 1 is 0.759 bits per heavy atom. The minimum atomic E-state index is 0.604. The molecule has 0 bridgehead atoms. The molecule has 1 heterocycles. The Labute approximate surface area is 173 Å². The highest BCUT2D eigenvalue weighted by molar-refractivity contribution is 5.79. The minimum absolute atomic E-state index is 0.604. The molecule has 0 aliphatic carbocycles. The Bertz CT molecular complexity index is 860. The van der Waals surface area contributed by atoms with Gasteiger partial charge in [-0.2, -0.15) is 0 Å². The van der Waals surface area contributed by atoms with Crippen LogP contribution < -0.4 is 24.3 Å². The van der Waals surface area contributed by atoms with E-state index in [4.69, 9.17) is 18.9 Å². The lowest BCUT2D eigenvalue weighted by Crippen LogP contribution is -2.82. The zero-order valence-electron chi connectivity index (χ0n) is 17.9. The van der Waals surface area contributed by atoms with Gasteiger partial charge in [-0.1, -0.05) is 6.07 Å². The zero-order valence-corrected chi connectivity index (χ0v) is 17.9. The van der Waals surface area contributed by atoms with Crippen LogP contribution in [0.25, 0.3) is 11.8 Å². The van der Waals surface area contributed by atoms with Crippen LogP contribution in [0.2, 0.25) is 0 Å². The van der Waals surface area contributed by atoms with Crippen molar-refractivity contribution in [2.45, 2.75) is 34.1 Å². The monoisotopic (exact) mass is 398 g/mol. The summed E-state index contributed by atoms with van der Waals surface area (Å²) in [5, 5.41) is 2.29. The number of hydrogen-bond acceptors (Lipinski definition) is 4. The first-order valence-electron chi connectivity index (χ1n) is 10.6. The fourth-order valence-corrected chi connectivity index (χ4v) is 3.58. The molecular weight excluding hydrogens is 366 g/mol. The van der Waals surface area contributed by atoms with Crippen molar-refractivity contribution in [3.05, 3.63) is 47.0 Å². The third-order valence-electron chi connectivity index (χ3n) is 4.75. The molecular formula is C24H32NO4+. The average molecular weight is 399 g/mol. The van der Waals surface area contributed by atoms with Crippen LogP contribution in [0.4, 0.5) is 0 Å². The number of quaternary nitrogens is 1. The lowest BCUT2D eigenvalue weighted by molar-refractivity contribution is -0.564. The zero-order chi connectivity index (χ0) is 20.6. The second-order valence-corrected chi connectivity index (χ2v) is 6.74. The number of hydrogen-bond donors (Lipinski definition) is 1. The molecule has 5 nitrogen and oxygen atoms in total. The molecule has 1 aliphatic heterocycles. The summed E-state index contributed by atoms with van der Waals surface area (Å²) in [6.07, 6.45) is 3.21. The maximum atomic E-state index is 5.85. The molecule has 0 unspecified atom stereocenters. The van der Waals surface area contributed by atoms with Gasteiger partial charge in [0.05, 0.1) is 33.0 Å². The molecule has 0 aromatic heterocycles. The molecule has 0 atom stereocenters. The molecule has 29 heavy (non-hydrogen) atoms. The normalized spacial score (nSPS) is 14.4. The van der Waals surface area contributed by atoms with Crippen molar-refractivity contribution in [2.75, 3.05) is 33.0 Å². The van der Waals surface area contributed by atoms with Crippen LogP contribution in [0.3, 0.4) is 0 Å². The highest BCUT2D eigenvalue weighted by atomic mass is 16.5. The molecule has 0 saturated carbocycles. The highest BCUT2D eigenvalue weighted by Crippen LogP contribution is 2.35. The largest absolute Gasteiger partial charge is 0.490 e. The predicted octanol–water partition coefficient (Wildman–Crippen LogP) is 3.90. The standard InChI is InChI=1S/C24H31NO4/c1-5-26-21-10-9-17(14-22(21)27-6-2)13-20-19-16-24(29-8-4)23(28-7-3)15-18(19)11-12-25-20/h9-10,13-16,25H,5-8,11-12H2,1-4H3/p+1/b20-13-. The molecule has 0 amide bonds. The summed E-state index contributed by atoms with van der Waals surface area (Å²) in [4.78, 5) is 0. The van der Waals surface area contributed by atoms with Gasteiger partial charge in [-0.15, -0.1) is 0 Å². The van der Waals surface area contributed by atoms with E-state index >= 15 is 0 Å². The summed E-state index contributed by atoms with van der Waals surface area (Å²) in [7, 11) is 0. The van der Waals surface area contributed by atoms with Gasteiger partial charge in [0.25, 0.3) is 0 Å². The summed E-state index contributed by atoms with van der Waals surface area (Å²) in [6.45, 7) is 11.4. The molecule has 0 saturated heterocycles.